The maximum absolute atomic E-state index is 9.44. The largest absolute Gasteiger partial charge is 0.374 e. The number of hydrogen-bond acceptors (Lipinski definition) is 2. The summed E-state index contributed by atoms with van der Waals surface area (Å²) in [5.74, 6) is 0. The molecule has 0 N–H and O–H groups in total. The Morgan fingerprint density at radius 1 is 1.71 bits per heavy atom. The summed E-state index contributed by atoms with van der Waals surface area (Å²) in [4.78, 5) is 9.44. The van der Waals surface area contributed by atoms with Gasteiger partial charge in [0.25, 0.3) is 0 Å². The van der Waals surface area contributed by atoms with Crippen LogP contribution in [0.25, 0.3) is 0 Å². The summed E-state index contributed by atoms with van der Waals surface area (Å²) in [6.45, 7) is 2.71. The van der Waals surface area contributed by atoms with Gasteiger partial charge in [-0.15, -0.1) is 0 Å². The maximum Gasteiger partial charge on any atom is 0.316 e. The van der Waals surface area contributed by atoms with E-state index in [-0.39, 0.29) is 29.7 Å². The fourth-order valence-corrected chi connectivity index (χ4v) is 0.166. The molecule has 0 unspecified atom stereocenters. The highest BCUT2D eigenvalue weighted by Crippen LogP contribution is 1.63. The molecule has 0 rings (SSSR count). The Labute approximate surface area is 59.4 Å². The van der Waals surface area contributed by atoms with Gasteiger partial charge in [-0.25, -0.2) is 0 Å². The Hall–Kier alpha value is 0.396. The minimum atomic E-state index is 0. The van der Waals surface area contributed by atoms with E-state index in [9.17, 15) is 4.79 Å². The van der Waals surface area contributed by atoms with Gasteiger partial charge in [0.2, 0.25) is 0 Å². The minimum Gasteiger partial charge on any atom is -0.374 e. The molecule has 0 saturated heterocycles. The molecule has 0 spiro atoms. The number of ether oxygens (including phenoxy) is 1. The predicted molar refractivity (Wildman–Crippen MR) is 31.1 cm³/mol. The van der Waals surface area contributed by atoms with Crippen LogP contribution in [0.3, 0.4) is 0 Å². The Morgan fingerprint density at radius 3 is 2.43 bits per heavy atom. The lowest BCUT2D eigenvalue weighted by molar-refractivity contribution is -0.111. The van der Waals surface area contributed by atoms with Crippen LogP contribution in [0.4, 0.5) is 0 Å². The van der Waals surface area contributed by atoms with E-state index in [4.69, 9.17) is 0 Å². The minimum absolute atomic E-state index is 0. The van der Waals surface area contributed by atoms with Gasteiger partial charge in [-0.05, 0) is 6.92 Å². The Bertz CT molecular complexity index is 38.7. The zero-order chi connectivity index (χ0) is 4.83. The molecule has 7 heavy (non-hydrogen) atoms. The second-order valence-corrected chi connectivity index (χ2v) is 0.826. The molecule has 0 amide bonds. The average molecular weight is 114 g/mol. The van der Waals surface area contributed by atoms with Crippen LogP contribution in [-0.4, -0.2) is 42.6 Å². The lowest BCUT2D eigenvalue weighted by atomic mass is 10.8. The molecule has 0 aromatic carbocycles. The number of carbonyl (C=O) groups is 1. The first kappa shape index (κ1) is 10.4. The molecular weight excluding hydrogens is 104 g/mol. The fraction of sp³-hybridized carbons (Fsp3) is 0.750. The highest BCUT2D eigenvalue weighted by Gasteiger charge is 1.71. The van der Waals surface area contributed by atoms with Crippen LogP contribution < -0.4 is 0 Å². The summed E-state index contributed by atoms with van der Waals surface area (Å²) < 4.78 is 4.61. The van der Waals surface area contributed by atoms with Gasteiger partial charge in [-0.3, -0.25) is 0 Å². The van der Waals surface area contributed by atoms with Crippen molar-refractivity contribution in [3.05, 3.63) is 0 Å². The SMILES string of the molecule is CCOCC=O.[MgH2]. The first-order valence-corrected chi connectivity index (χ1v) is 1.93. The van der Waals surface area contributed by atoms with Crippen LogP contribution in [0.5, 0.6) is 0 Å². The Balaban J connectivity index is 0. The molecule has 0 radical (unpaired) electrons. The van der Waals surface area contributed by atoms with E-state index in [0.717, 1.165) is 6.29 Å². The van der Waals surface area contributed by atoms with E-state index in [1.807, 2.05) is 6.92 Å². The molecule has 0 fully saturated rings. The second kappa shape index (κ2) is 9.64. The third-order valence-electron chi connectivity index (χ3n) is 0.390. The lowest BCUT2D eigenvalue weighted by Gasteiger charge is -1.85. The van der Waals surface area contributed by atoms with Crippen molar-refractivity contribution in [2.24, 2.45) is 0 Å². The smallest absolute Gasteiger partial charge is 0.316 e. The van der Waals surface area contributed by atoms with Crippen molar-refractivity contribution in [2.45, 2.75) is 6.92 Å². The van der Waals surface area contributed by atoms with E-state index < -0.39 is 0 Å². The van der Waals surface area contributed by atoms with Crippen LogP contribution in [0.15, 0.2) is 0 Å². The molecule has 0 aliphatic carbocycles. The van der Waals surface area contributed by atoms with Crippen LogP contribution in [0, 0.1) is 0 Å². The van der Waals surface area contributed by atoms with Crippen molar-refractivity contribution in [3.8, 4) is 0 Å². The molecule has 0 aromatic heterocycles. The van der Waals surface area contributed by atoms with Gasteiger partial charge in [0.05, 0.1) is 0 Å². The summed E-state index contributed by atoms with van der Waals surface area (Å²) in [7, 11) is 0. The summed E-state index contributed by atoms with van der Waals surface area (Å²) >= 11 is 0. The molecular formula is C4H10MgO2. The lowest BCUT2D eigenvalue weighted by Crippen LogP contribution is -1.91. The number of carbonyl (C=O) groups excluding carboxylic acids is 1. The standard InChI is InChI=1S/C4H8O2.Mg.2H/c1-2-6-4-3-5;;;/h3H,2,4H2,1H3;;;. The summed E-state index contributed by atoms with van der Waals surface area (Å²) in [6.07, 6.45) is 0.740. The van der Waals surface area contributed by atoms with Gasteiger partial charge in [0, 0.05) is 6.61 Å². The number of aldehydes is 1. The highest BCUT2D eigenvalue weighted by atomic mass is 24.3. The molecule has 40 valence electrons. The zero-order valence-corrected chi connectivity index (χ0v) is 3.81. The van der Waals surface area contributed by atoms with Crippen molar-refractivity contribution >= 4 is 29.3 Å². The van der Waals surface area contributed by atoms with E-state index in [1.54, 1.807) is 0 Å². The van der Waals surface area contributed by atoms with Crippen molar-refractivity contribution in [1.29, 1.82) is 0 Å². The summed E-state index contributed by atoms with van der Waals surface area (Å²) in [6, 6.07) is 0. The molecule has 0 aliphatic heterocycles. The average Bonchev–Trinajstić information content (AvgIpc) is 1.61. The van der Waals surface area contributed by atoms with Crippen molar-refractivity contribution in [2.75, 3.05) is 13.2 Å². The Kier molecular flexibility index (Phi) is 14.3. The predicted octanol–water partition coefficient (Wildman–Crippen LogP) is -0.694. The molecule has 0 saturated carbocycles. The first-order chi connectivity index (χ1) is 2.91. The van der Waals surface area contributed by atoms with Gasteiger partial charge in [0.1, 0.15) is 12.9 Å². The van der Waals surface area contributed by atoms with Crippen LogP contribution >= 0.6 is 0 Å². The van der Waals surface area contributed by atoms with Gasteiger partial charge < -0.3 is 9.53 Å². The monoisotopic (exact) mass is 114 g/mol. The first-order valence-electron chi connectivity index (χ1n) is 1.93. The quantitative estimate of drug-likeness (QED) is 0.276. The number of hydrogen-bond donors (Lipinski definition) is 0. The maximum atomic E-state index is 9.44. The van der Waals surface area contributed by atoms with Gasteiger partial charge in [-0.2, -0.15) is 0 Å². The van der Waals surface area contributed by atoms with Crippen LogP contribution in [0.2, 0.25) is 0 Å². The Morgan fingerprint density at radius 2 is 2.29 bits per heavy atom. The van der Waals surface area contributed by atoms with Crippen molar-refractivity contribution < 1.29 is 9.53 Å². The van der Waals surface area contributed by atoms with Crippen molar-refractivity contribution in [1.82, 2.24) is 0 Å². The molecule has 0 atom stereocenters. The molecule has 3 heteroatoms. The molecule has 0 heterocycles. The normalized spacial score (nSPS) is 7.00. The summed E-state index contributed by atoms with van der Waals surface area (Å²) in [5.41, 5.74) is 0. The molecule has 0 bridgehead atoms. The van der Waals surface area contributed by atoms with E-state index in [1.165, 1.54) is 0 Å². The summed E-state index contributed by atoms with van der Waals surface area (Å²) in [5, 5.41) is 0. The zero-order valence-electron chi connectivity index (χ0n) is 3.81. The van der Waals surface area contributed by atoms with Gasteiger partial charge in [0.15, 0.2) is 0 Å². The van der Waals surface area contributed by atoms with Crippen LogP contribution in [0.1, 0.15) is 6.92 Å². The number of rotatable bonds is 3. The van der Waals surface area contributed by atoms with E-state index >= 15 is 0 Å². The second-order valence-electron chi connectivity index (χ2n) is 0.826. The molecule has 0 aliphatic rings. The molecule has 2 nitrogen and oxygen atoms in total. The van der Waals surface area contributed by atoms with Gasteiger partial charge in [-0.1, -0.05) is 0 Å². The van der Waals surface area contributed by atoms with E-state index in [0.29, 0.717) is 6.61 Å². The van der Waals surface area contributed by atoms with Crippen LogP contribution in [-0.2, 0) is 9.53 Å². The highest BCUT2D eigenvalue weighted by molar-refractivity contribution is 5.75. The third kappa shape index (κ3) is 10.7. The fourth-order valence-electron chi connectivity index (χ4n) is 0.166. The third-order valence-corrected chi connectivity index (χ3v) is 0.390. The van der Waals surface area contributed by atoms with E-state index in [2.05, 4.69) is 4.74 Å². The van der Waals surface area contributed by atoms with Crippen molar-refractivity contribution in [3.63, 3.8) is 0 Å². The topological polar surface area (TPSA) is 26.3 Å². The molecule has 0 aromatic rings. The van der Waals surface area contributed by atoms with Gasteiger partial charge >= 0.3 is 23.1 Å².